The first kappa shape index (κ1) is 17.4. The smallest absolute Gasteiger partial charge is 0.256 e. The lowest BCUT2D eigenvalue weighted by molar-refractivity contribution is -0.124. The predicted octanol–water partition coefficient (Wildman–Crippen LogP) is 3.50. The van der Waals surface area contributed by atoms with Crippen LogP contribution in [0, 0.1) is 11.6 Å². The van der Waals surface area contributed by atoms with Crippen LogP contribution in [0.1, 0.15) is 17.3 Å². The lowest BCUT2D eigenvalue weighted by Gasteiger charge is -2.39. The van der Waals surface area contributed by atoms with E-state index in [1.807, 2.05) is 0 Å². The lowest BCUT2D eigenvalue weighted by atomic mass is 10.1. The number of hydrogen-bond acceptors (Lipinski definition) is 2. The van der Waals surface area contributed by atoms with E-state index in [4.69, 9.17) is 11.6 Å². The highest BCUT2D eigenvalue weighted by Crippen LogP contribution is 2.26. The molecule has 1 aliphatic rings. The Labute approximate surface area is 148 Å². The van der Waals surface area contributed by atoms with Gasteiger partial charge in [-0.25, -0.2) is 8.78 Å². The number of hydrogen-bond donors (Lipinski definition) is 0. The van der Waals surface area contributed by atoms with E-state index in [0.717, 1.165) is 12.1 Å². The molecule has 4 nitrogen and oxygen atoms in total. The standard InChI is InChI=1S/C18H15ClF2N2O2/c1-11-17(24)23(16-7-6-12(20)10-15(16)21)9-8-22(11)18(25)13-4-2-3-5-14(13)19/h2-7,10-11H,8-9H2,1H3/t11-/m1/s1. The maximum Gasteiger partial charge on any atom is 0.256 e. The van der Waals surface area contributed by atoms with Gasteiger partial charge in [-0.1, -0.05) is 23.7 Å². The highest BCUT2D eigenvalue weighted by atomic mass is 35.5. The molecule has 0 radical (unpaired) electrons. The van der Waals surface area contributed by atoms with Crippen LogP contribution in [-0.4, -0.2) is 35.8 Å². The summed E-state index contributed by atoms with van der Waals surface area (Å²) in [6.07, 6.45) is 0. The molecule has 0 saturated carbocycles. The molecule has 2 aromatic rings. The minimum atomic E-state index is -0.813. The van der Waals surface area contributed by atoms with Crippen LogP contribution in [0.3, 0.4) is 0 Å². The molecule has 1 fully saturated rings. The summed E-state index contributed by atoms with van der Waals surface area (Å²) in [4.78, 5) is 27.9. The number of carbonyl (C=O) groups excluding carboxylic acids is 2. The fraction of sp³-hybridized carbons (Fsp3) is 0.222. The normalized spacial score (nSPS) is 17.8. The number of carbonyl (C=O) groups is 2. The van der Waals surface area contributed by atoms with Crippen LogP contribution in [0.25, 0.3) is 0 Å². The third-order valence-corrected chi connectivity index (χ3v) is 4.55. The molecule has 1 aliphatic heterocycles. The Hall–Kier alpha value is -2.47. The van der Waals surface area contributed by atoms with Gasteiger partial charge in [0.15, 0.2) is 0 Å². The van der Waals surface area contributed by atoms with Crippen LogP contribution >= 0.6 is 11.6 Å². The Kier molecular flexibility index (Phi) is 4.72. The van der Waals surface area contributed by atoms with E-state index in [2.05, 4.69) is 0 Å². The third-order valence-electron chi connectivity index (χ3n) is 4.22. The molecule has 3 rings (SSSR count). The van der Waals surface area contributed by atoms with Crippen LogP contribution in [0.4, 0.5) is 14.5 Å². The Morgan fingerprint density at radius 3 is 2.56 bits per heavy atom. The van der Waals surface area contributed by atoms with E-state index in [0.29, 0.717) is 10.6 Å². The van der Waals surface area contributed by atoms with Gasteiger partial charge in [-0.05, 0) is 31.2 Å². The summed E-state index contributed by atoms with van der Waals surface area (Å²) in [5, 5.41) is 0.305. The van der Waals surface area contributed by atoms with Crippen LogP contribution in [0.2, 0.25) is 5.02 Å². The Bertz CT molecular complexity index is 844. The number of anilines is 1. The summed E-state index contributed by atoms with van der Waals surface area (Å²) in [7, 11) is 0. The number of rotatable bonds is 2. The van der Waals surface area contributed by atoms with Gasteiger partial charge in [0.25, 0.3) is 5.91 Å². The van der Waals surface area contributed by atoms with Gasteiger partial charge in [0.05, 0.1) is 16.3 Å². The highest BCUT2D eigenvalue weighted by molar-refractivity contribution is 6.33. The van der Waals surface area contributed by atoms with Crippen molar-refractivity contribution in [2.75, 3.05) is 18.0 Å². The van der Waals surface area contributed by atoms with Crippen molar-refractivity contribution in [3.63, 3.8) is 0 Å². The summed E-state index contributed by atoms with van der Waals surface area (Å²) in [5.41, 5.74) is 0.313. The first-order chi connectivity index (χ1) is 11.9. The predicted molar refractivity (Wildman–Crippen MR) is 90.7 cm³/mol. The number of piperazine rings is 1. The molecule has 0 spiro atoms. The van der Waals surface area contributed by atoms with Crippen molar-refractivity contribution in [1.82, 2.24) is 4.90 Å². The number of nitrogens with zero attached hydrogens (tertiary/aromatic N) is 2. The maximum atomic E-state index is 14.0. The Morgan fingerprint density at radius 2 is 1.88 bits per heavy atom. The minimum Gasteiger partial charge on any atom is -0.325 e. The molecule has 1 saturated heterocycles. The molecule has 2 aromatic carbocycles. The van der Waals surface area contributed by atoms with Crippen LogP contribution in [-0.2, 0) is 4.79 Å². The molecule has 25 heavy (non-hydrogen) atoms. The van der Waals surface area contributed by atoms with Crippen molar-refractivity contribution in [1.29, 1.82) is 0 Å². The van der Waals surface area contributed by atoms with Gasteiger partial charge in [0.1, 0.15) is 17.7 Å². The van der Waals surface area contributed by atoms with Gasteiger partial charge in [0, 0.05) is 19.2 Å². The van der Waals surface area contributed by atoms with Gasteiger partial charge < -0.3 is 9.80 Å². The molecule has 0 bridgehead atoms. The average molecular weight is 365 g/mol. The van der Waals surface area contributed by atoms with Crippen molar-refractivity contribution in [2.45, 2.75) is 13.0 Å². The second-order valence-electron chi connectivity index (χ2n) is 5.74. The lowest BCUT2D eigenvalue weighted by Crippen LogP contribution is -2.58. The zero-order valence-electron chi connectivity index (χ0n) is 13.4. The van der Waals surface area contributed by atoms with Crippen molar-refractivity contribution in [2.24, 2.45) is 0 Å². The van der Waals surface area contributed by atoms with E-state index >= 15 is 0 Å². The van der Waals surface area contributed by atoms with E-state index in [-0.39, 0.29) is 24.7 Å². The zero-order valence-corrected chi connectivity index (χ0v) is 14.1. The molecular formula is C18H15ClF2N2O2. The molecule has 0 N–H and O–H groups in total. The summed E-state index contributed by atoms with van der Waals surface area (Å²) < 4.78 is 27.1. The second-order valence-corrected chi connectivity index (χ2v) is 6.15. The van der Waals surface area contributed by atoms with Gasteiger partial charge >= 0.3 is 0 Å². The van der Waals surface area contributed by atoms with E-state index in [1.54, 1.807) is 31.2 Å². The number of amides is 2. The number of benzene rings is 2. The topological polar surface area (TPSA) is 40.6 Å². The maximum absolute atomic E-state index is 14.0. The van der Waals surface area contributed by atoms with Crippen molar-refractivity contribution < 1.29 is 18.4 Å². The third kappa shape index (κ3) is 3.22. The number of halogens is 3. The minimum absolute atomic E-state index is 0.00286. The Balaban J connectivity index is 1.84. The molecule has 7 heteroatoms. The molecule has 1 heterocycles. The highest BCUT2D eigenvalue weighted by Gasteiger charge is 2.36. The average Bonchev–Trinajstić information content (AvgIpc) is 2.58. The molecule has 1 atom stereocenters. The van der Waals surface area contributed by atoms with E-state index in [9.17, 15) is 18.4 Å². The van der Waals surface area contributed by atoms with Gasteiger partial charge in [0.2, 0.25) is 5.91 Å². The van der Waals surface area contributed by atoms with Gasteiger partial charge in [-0.15, -0.1) is 0 Å². The largest absolute Gasteiger partial charge is 0.325 e. The first-order valence-electron chi connectivity index (χ1n) is 7.72. The molecule has 0 aliphatic carbocycles. The Morgan fingerprint density at radius 1 is 1.16 bits per heavy atom. The van der Waals surface area contributed by atoms with Gasteiger partial charge in [-0.3, -0.25) is 9.59 Å². The zero-order chi connectivity index (χ0) is 18.1. The summed E-state index contributed by atoms with van der Waals surface area (Å²) in [5.74, 6) is -2.32. The first-order valence-corrected chi connectivity index (χ1v) is 8.10. The SMILES string of the molecule is C[C@@H]1C(=O)N(c2ccc(F)cc2F)CCN1C(=O)c1ccccc1Cl. The fourth-order valence-corrected chi connectivity index (χ4v) is 3.09. The van der Waals surface area contributed by atoms with E-state index < -0.39 is 23.6 Å². The van der Waals surface area contributed by atoms with Gasteiger partial charge in [-0.2, -0.15) is 0 Å². The molecule has 2 amide bonds. The van der Waals surface area contributed by atoms with Crippen LogP contribution in [0.15, 0.2) is 42.5 Å². The molecule has 0 aromatic heterocycles. The summed E-state index contributed by atoms with van der Waals surface area (Å²) >= 11 is 6.05. The quantitative estimate of drug-likeness (QED) is 0.818. The monoisotopic (exact) mass is 364 g/mol. The molecule has 0 unspecified atom stereocenters. The van der Waals surface area contributed by atoms with Crippen LogP contribution < -0.4 is 4.90 Å². The van der Waals surface area contributed by atoms with Crippen LogP contribution in [0.5, 0.6) is 0 Å². The second kappa shape index (κ2) is 6.80. The van der Waals surface area contributed by atoms with Crippen molar-refractivity contribution in [3.8, 4) is 0 Å². The molecule has 130 valence electrons. The van der Waals surface area contributed by atoms with E-state index in [1.165, 1.54) is 15.9 Å². The van der Waals surface area contributed by atoms with Crippen molar-refractivity contribution in [3.05, 3.63) is 64.7 Å². The fourth-order valence-electron chi connectivity index (χ4n) is 2.88. The molecular weight excluding hydrogens is 350 g/mol. The summed E-state index contributed by atoms with van der Waals surface area (Å²) in [6, 6.07) is 8.85. The van der Waals surface area contributed by atoms with Crippen molar-refractivity contribution >= 4 is 29.1 Å². The summed E-state index contributed by atoms with van der Waals surface area (Å²) in [6.45, 7) is 1.90.